The maximum atomic E-state index is 12.7. The molecule has 7 nitrogen and oxygen atoms in total. The molecule has 2 heterocycles. The summed E-state index contributed by atoms with van der Waals surface area (Å²) in [7, 11) is 1.60. The Balaban J connectivity index is 1.52. The van der Waals surface area contributed by atoms with E-state index < -0.39 is 25.3 Å². The highest BCUT2D eigenvalue weighted by Crippen LogP contribution is 2.24. The SMILES string of the molecule is COc1ccc(N2CCN(C(=O)COC(=O)c3cc(C)n(CC(F)(F)F)c3C)CC2)cc1. The van der Waals surface area contributed by atoms with Crippen LogP contribution in [0, 0.1) is 13.8 Å². The highest BCUT2D eigenvalue weighted by molar-refractivity contribution is 5.92. The normalized spacial score (nSPS) is 14.4. The molecule has 2 aromatic rings. The first kappa shape index (κ1) is 23.5. The van der Waals surface area contributed by atoms with Crippen LogP contribution in [0.2, 0.25) is 0 Å². The Labute approximate surface area is 184 Å². The van der Waals surface area contributed by atoms with Gasteiger partial charge in [-0.15, -0.1) is 0 Å². The number of methoxy groups -OCH3 is 1. The first-order chi connectivity index (χ1) is 15.1. The second-order valence-corrected chi connectivity index (χ2v) is 7.63. The number of carbonyl (C=O) groups excluding carboxylic acids is 2. The third-order valence-electron chi connectivity index (χ3n) is 5.53. The van der Waals surface area contributed by atoms with E-state index in [1.807, 2.05) is 24.3 Å². The van der Waals surface area contributed by atoms with E-state index in [4.69, 9.17) is 9.47 Å². The number of hydrogen-bond donors (Lipinski definition) is 0. The van der Waals surface area contributed by atoms with Gasteiger partial charge in [0, 0.05) is 43.3 Å². The Morgan fingerprint density at radius 2 is 1.66 bits per heavy atom. The molecule has 10 heteroatoms. The lowest BCUT2D eigenvalue weighted by molar-refractivity contribution is -0.141. The molecule has 1 amide bonds. The Hall–Kier alpha value is -3.17. The third kappa shape index (κ3) is 5.54. The number of anilines is 1. The molecule has 0 N–H and O–H groups in total. The molecule has 0 saturated carbocycles. The predicted molar refractivity (Wildman–Crippen MR) is 112 cm³/mol. The maximum Gasteiger partial charge on any atom is 0.406 e. The highest BCUT2D eigenvalue weighted by atomic mass is 19.4. The van der Waals surface area contributed by atoms with Gasteiger partial charge in [-0.25, -0.2) is 4.79 Å². The maximum absolute atomic E-state index is 12.7. The van der Waals surface area contributed by atoms with Crippen molar-refractivity contribution in [1.29, 1.82) is 0 Å². The zero-order valence-electron chi connectivity index (χ0n) is 18.2. The van der Waals surface area contributed by atoms with Gasteiger partial charge in [0.25, 0.3) is 5.91 Å². The van der Waals surface area contributed by atoms with E-state index in [2.05, 4.69) is 4.90 Å². The average molecular weight is 453 g/mol. The van der Waals surface area contributed by atoms with Gasteiger partial charge in [-0.3, -0.25) is 4.79 Å². The van der Waals surface area contributed by atoms with Gasteiger partial charge in [0.2, 0.25) is 0 Å². The summed E-state index contributed by atoms with van der Waals surface area (Å²) >= 11 is 0. The summed E-state index contributed by atoms with van der Waals surface area (Å²) < 4.78 is 49.5. The van der Waals surface area contributed by atoms with Gasteiger partial charge in [0.05, 0.1) is 12.7 Å². The van der Waals surface area contributed by atoms with E-state index in [1.165, 1.54) is 19.9 Å². The first-order valence-electron chi connectivity index (χ1n) is 10.2. The van der Waals surface area contributed by atoms with Crippen molar-refractivity contribution in [3.05, 3.63) is 47.3 Å². The number of esters is 1. The second kappa shape index (κ2) is 9.54. The molecule has 3 rings (SSSR count). The largest absolute Gasteiger partial charge is 0.497 e. The minimum Gasteiger partial charge on any atom is -0.497 e. The minimum absolute atomic E-state index is 0.0314. The number of ether oxygens (including phenoxy) is 2. The van der Waals surface area contributed by atoms with Gasteiger partial charge in [0.1, 0.15) is 12.3 Å². The standard InChI is InChI=1S/C22H26F3N3O4/c1-15-12-19(16(2)28(15)14-22(23,24)25)21(30)32-13-20(29)27-10-8-26(9-11-27)17-4-6-18(31-3)7-5-17/h4-7,12H,8-11,13-14H2,1-3H3. The van der Waals surface area contributed by atoms with Crippen LogP contribution in [0.25, 0.3) is 0 Å². The van der Waals surface area contributed by atoms with Crippen LogP contribution in [-0.4, -0.2) is 67.4 Å². The zero-order chi connectivity index (χ0) is 23.5. The lowest BCUT2D eigenvalue weighted by Crippen LogP contribution is -2.49. The van der Waals surface area contributed by atoms with Crippen molar-refractivity contribution >= 4 is 17.6 Å². The fourth-order valence-electron chi connectivity index (χ4n) is 3.73. The van der Waals surface area contributed by atoms with Crippen LogP contribution in [0.1, 0.15) is 21.7 Å². The van der Waals surface area contributed by atoms with Crippen LogP contribution in [0.4, 0.5) is 18.9 Å². The average Bonchev–Trinajstić information content (AvgIpc) is 3.04. The summed E-state index contributed by atoms with van der Waals surface area (Å²) in [6, 6.07) is 9.00. The topological polar surface area (TPSA) is 64.0 Å². The molecule has 174 valence electrons. The molecule has 0 spiro atoms. The summed E-state index contributed by atoms with van der Waals surface area (Å²) in [5, 5.41) is 0. The van der Waals surface area contributed by atoms with E-state index in [-0.39, 0.29) is 17.2 Å². The van der Waals surface area contributed by atoms with Crippen molar-refractivity contribution in [1.82, 2.24) is 9.47 Å². The second-order valence-electron chi connectivity index (χ2n) is 7.63. The fraction of sp³-hybridized carbons (Fsp3) is 0.455. The lowest BCUT2D eigenvalue weighted by atomic mass is 10.2. The molecule has 0 unspecified atom stereocenters. The summed E-state index contributed by atoms with van der Waals surface area (Å²) in [6.45, 7) is 3.48. The molecule has 1 aromatic heterocycles. The molecule has 1 saturated heterocycles. The molecule has 1 aromatic carbocycles. The van der Waals surface area contributed by atoms with Crippen molar-refractivity contribution in [2.24, 2.45) is 0 Å². The summed E-state index contributed by atoms with van der Waals surface area (Å²) in [6.07, 6.45) is -4.40. The van der Waals surface area contributed by atoms with Crippen LogP contribution in [0.15, 0.2) is 30.3 Å². The lowest BCUT2D eigenvalue weighted by Gasteiger charge is -2.36. The summed E-state index contributed by atoms with van der Waals surface area (Å²) in [5.41, 5.74) is 1.51. The molecule has 1 fully saturated rings. The number of piperazine rings is 1. The van der Waals surface area contributed by atoms with Crippen LogP contribution in [0.3, 0.4) is 0 Å². The van der Waals surface area contributed by atoms with E-state index in [1.54, 1.807) is 12.0 Å². The van der Waals surface area contributed by atoms with Crippen LogP contribution >= 0.6 is 0 Å². The molecule has 1 aliphatic rings. The molecule has 0 bridgehead atoms. The summed E-state index contributed by atoms with van der Waals surface area (Å²) in [5.74, 6) is -0.378. The number of nitrogens with zero attached hydrogens (tertiary/aromatic N) is 3. The molecular formula is C22H26F3N3O4. The van der Waals surface area contributed by atoms with Gasteiger partial charge in [-0.1, -0.05) is 0 Å². The third-order valence-corrected chi connectivity index (χ3v) is 5.53. The number of hydrogen-bond acceptors (Lipinski definition) is 5. The van der Waals surface area contributed by atoms with Crippen molar-refractivity contribution in [2.75, 3.05) is 44.8 Å². The Kier molecular flexibility index (Phi) is 7.00. The van der Waals surface area contributed by atoms with Crippen molar-refractivity contribution in [3.63, 3.8) is 0 Å². The first-order valence-corrected chi connectivity index (χ1v) is 10.2. The number of benzene rings is 1. The number of halogens is 3. The quantitative estimate of drug-likeness (QED) is 0.629. The number of aromatic nitrogens is 1. The molecule has 32 heavy (non-hydrogen) atoms. The minimum atomic E-state index is -4.40. The Morgan fingerprint density at radius 1 is 1.03 bits per heavy atom. The number of rotatable bonds is 6. The van der Waals surface area contributed by atoms with Crippen molar-refractivity contribution in [3.8, 4) is 5.75 Å². The predicted octanol–water partition coefficient (Wildman–Crippen LogP) is 3.18. The number of alkyl halides is 3. The number of amides is 1. The molecule has 0 atom stereocenters. The van der Waals surface area contributed by atoms with Gasteiger partial charge < -0.3 is 23.8 Å². The number of carbonyl (C=O) groups is 2. The molecule has 0 aliphatic carbocycles. The van der Waals surface area contributed by atoms with Gasteiger partial charge in [-0.2, -0.15) is 13.2 Å². The summed E-state index contributed by atoms with van der Waals surface area (Å²) in [4.78, 5) is 28.6. The highest BCUT2D eigenvalue weighted by Gasteiger charge is 2.31. The zero-order valence-corrected chi connectivity index (χ0v) is 18.2. The van der Waals surface area contributed by atoms with E-state index in [0.29, 0.717) is 31.9 Å². The van der Waals surface area contributed by atoms with E-state index in [9.17, 15) is 22.8 Å². The Morgan fingerprint density at radius 3 is 2.22 bits per heavy atom. The van der Waals surface area contributed by atoms with Gasteiger partial charge in [-0.05, 0) is 44.2 Å². The van der Waals surface area contributed by atoms with Crippen LogP contribution in [0.5, 0.6) is 5.75 Å². The Bertz CT molecular complexity index is 962. The van der Waals surface area contributed by atoms with E-state index in [0.717, 1.165) is 16.0 Å². The van der Waals surface area contributed by atoms with Gasteiger partial charge in [0.15, 0.2) is 6.61 Å². The fourth-order valence-corrected chi connectivity index (χ4v) is 3.73. The molecule has 1 aliphatic heterocycles. The van der Waals surface area contributed by atoms with Gasteiger partial charge >= 0.3 is 12.1 Å². The van der Waals surface area contributed by atoms with E-state index >= 15 is 0 Å². The van der Waals surface area contributed by atoms with Crippen molar-refractivity contribution < 1.29 is 32.2 Å². The van der Waals surface area contributed by atoms with Crippen molar-refractivity contribution in [2.45, 2.75) is 26.6 Å². The van der Waals surface area contributed by atoms with Crippen LogP contribution < -0.4 is 9.64 Å². The molecular weight excluding hydrogens is 427 g/mol. The number of aryl methyl sites for hydroxylation is 1. The van der Waals surface area contributed by atoms with Crippen LogP contribution in [-0.2, 0) is 16.1 Å². The monoisotopic (exact) mass is 453 g/mol. The molecule has 0 radical (unpaired) electrons. The smallest absolute Gasteiger partial charge is 0.406 e.